The molecular formula is C29H32N6O8S. The first-order chi connectivity index (χ1) is 20.9. The molecule has 0 spiro atoms. The maximum atomic E-state index is 10.3. The third kappa shape index (κ3) is 8.20. The standard InChI is InChI=1S/C23H24N6OS.C6H8O7/c1-16-5-9-18(10-6-16)21-24-20(30-27-21)15-31-23-26-25-22(28-13-3-4-14-28)29(23)19-11-7-17(2)8-12-19;7-3(8)1-6(13,5(11)12)2-4(9)10/h5-12H,3-4,13-15H2,1-2H3;13H,1-2H2,(H,7,8)(H,9,10)(H,11,12). The summed E-state index contributed by atoms with van der Waals surface area (Å²) in [6, 6.07) is 16.6. The van der Waals surface area contributed by atoms with E-state index < -0.39 is 36.4 Å². The number of rotatable bonds is 11. The number of nitrogens with zero attached hydrogens (tertiary/aromatic N) is 6. The summed E-state index contributed by atoms with van der Waals surface area (Å²) in [6.45, 7) is 6.17. The molecule has 44 heavy (non-hydrogen) atoms. The van der Waals surface area contributed by atoms with E-state index in [0.717, 1.165) is 35.4 Å². The largest absolute Gasteiger partial charge is 0.481 e. The molecule has 2 aromatic carbocycles. The van der Waals surface area contributed by atoms with E-state index in [1.165, 1.54) is 24.0 Å². The van der Waals surface area contributed by atoms with Gasteiger partial charge in [-0.1, -0.05) is 64.4 Å². The first-order valence-corrected chi connectivity index (χ1v) is 14.6. The SMILES string of the molecule is Cc1ccc(-c2noc(CSc3nnc(N4CCCC4)n3-c3ccc(C)cc3)n2)cc1.O=C(O)CC(O)(CC(=O)O)C(=O)O. The number of hydrogen-bond acceptors (Lipinski definition) is 11. The topological polar surface area (TPSA) is 205 Å². The fraction of sp³-hybridized carbons (Fsp3) is 0.345. The number of aliphatic hydroxyl groups is 1. The second-order valence-electron chi connectivity index (χ2n) is 10.3. The summed E-state index contributed by atoms with van der Waals surface area (Å²) in [6.07, 6.45) is 0.0866. The molecule has 1 aliphatic heterocycles. The van der Waals surface area contributed by atoms with Crippen LogP contribution in [0.3, 0.4) is 0 Å². The molecule has 232 valence electrons. The monoisotopic (exact) mass is 624 g/mol. The predicted octanol–water partition coefficient (Wildman–Crippen LogP) is 3.58. The Morgan fingerprint density at radius 2 is 1.45 bits per heavy atom. The number of benzene rings is 2. The van der Waals surface area contributed by atoms with E-state index in [-0.39, 0.29) is 0 Å². The van der Waals surface area contributed by atoms with Gasteiger partial charge in [-0.05, 0) is 38.8 Å². The molecule has 1 aliphatic rings. The van der Waals surface area contributed by atoms with Crippen LogP contribution in [0.4, 0.5) is 5.95 Å². The van der Waals surface area contributed by atoms with Crippen LogP contribution in [0.25, 0.3) is 17.1 Å². The average Bonchev–Trinajstić information content (AvgIpc) is 3.73. The van der Waals surface area contributed by atoms with Crippen molar-refractivity contribution in [3.63, 3.8) is 0 Å². The van der Waals surface area contributed by atoms with Gasteiger partial charge in [-0.25, -0.2) is 4.79 Å². The van der Waals surface area contributed by atoms with E-state index in [9.17, 15) is 14.4 Å². The molecule has 1 fully saturated rings. The average molecular weight is 625 g/mol. The van der Waals surface area contributed by atoms with Crippen LogP contribution in [-0.2, 0) is 20.1 Å². The molecule has 15 heteroatoms. The highest BCUT2D eigenvalue weighted by molar-refractivity contribution is 7.98. The molecule has 4 aromatic rings. The van der Waals surface area contributed by atoms with Gasteiger partial charge < -0.3 is 29.8 Å². The van der Waals surface area contributed by atoms with E-state index >= 15 is 0 Å². The van der Waals surface area contributed by atoms with Crippen LogP contribution >= 0.6 is 11.8 Å². The molecule has 3 heterocycles. The van der Waals surface area contributed by atoms with Crippen LogP contribution in [0.2, 0.25) is 0 Å². The number of carbonyl (C=O) groups is 3. The number of carboxylic acids is 3. The summed E-state index contributed by atoms with van der Waals surface area (Å²) in [4.78, 5) is 37.3. The Morgan fingerprint density at radius 3 is 2.00 bits per heavy atom. The highest BCUT2D eigenvalue weighted by atomic mass is 32.2. The molecule has 1 saturated heterocycles. The van der Waals surface area contributed by atoms with Gasteiger partial charge in [-0.3, -0.25) is 14.2 Å². The number of aromatic nitrogens is 5. The molecule has 0 saturated carbocycles. The summed E-state index contributed by atoms with van der Waals surface area (Å²) in [5.41, 5.74) is 1.70. The summed E-state index contributed by atoms with van der Waals surface area (Å²) in [5, 5.41) is 47.8. The van der Waals surface area contributed by atoms with Crippen molar-refractivity contribution in [1.82, 2.24) is 24.9 Å². The lowest BCUT2D eigenvalue weighted by molar-refractivity contribution is -0.170. The Hall–Kier alpha value is -4.76. The van der Waals surface area contributed by atoms with Crippen LogP contribution in [0.15, 0.2) is 58.2 Å². The Kier molecular flexibility index (Phi) is 10.3. The van der Waals surface area contributed by atoms with Crippen molar-refractivity contribution in [2.24, 2.45) is 0 Å². The highest BCUT2D eigenvalue weighted by Gasteiger charge is 2.40. The molecule has 0 bridgehead atoms. The lowest BCUT2D eigenvalue weighted by Crippen LogP contribution is -2.42. The molecule has 0 atom stereocenters. The van der Waals surface area contributed by atoms with Crippen LogP contribution in [0.1, 0.15) is 42.7 Å². The first kappa shape index (κ1) is 32.2. The number of aliphatic carboxylic acids is 3. The number of hydrogen-bond donors (Lipinski definition) is 4. The molecule has 0 aliphatic carbocycles. The van der Waals surface area contributed by atoms with Crippen molar-refractivity contribution in [1.29, 1.82) is 0 Å². The fourth-order valence-electron chi connectivity index (χ4n) is 4.37. The first-order valence-electron chi connectivity index (χ1n) is 13.6. The molecule has 0 amide bonds. The highest BCUT2D eigenvalue weighted by Crippen LogP contribution is 2.30. The predicted molar refractivity (Wildman–Crippen MR) is 159 cm³/mol. The van der Waals surface area contributed by atoms with Gasteiger partial charge in [0.25, 0.3) is 0 Å². The van der Waals surface area contributed by atoms with E-state index in [1.54, 1.807) is 11.8 Å². The van der Waals surface area contributed by atoms with Gasteiger partial charge in [-0.15, -0.1) is 10.2 Å². The van der Waals surface area contributed by atoms with E-state index in [2.05, 4.69) is 67.9 Å². The van der Waals surface area contributed by atoms with Gasteiger partial charge in [0.05, 0.1) is 24.3 Å². The number of aryl methyl sites for hydroxylation is 2. The molecule has 2 aromatic heterocycles. The minimum absolute atomic E-state index is 0.531. The van der Waals surface area contributed by atoms with Crippen molar-refractivity contribution in [2.45, 2.75) is 56.0 Å². The Bertz CT molecular complexity index is 1580. The smallest absolute Gasteiger partial charge is 0.336 e. The second-order valence-corrected chi connectivity index (χ2v) is 11.2. The molecule has 14 nitrogen and oxygen atoms in total. The molecule has 0 radical (unpaired) electrons. The van der Waals surface area contributed by atoms with Crippen LogP contribution < -0.4 is 4.90 Å². The van der Waals surface area contributed by atoms with Gasteiger partial charge in [0, 0.05) is 18.7 Å². The van der Waals surface area contributed by atoms with Crippen LogP contribution in [0, 0.1) is 13.8 Å². The minimum Gasteiger partial charge on any atom is -0.481 e. The molecule has 0 unspecified atom stereocenters. The van der Waals surface area contributed by atoms with Gasteiger partial charge in [-0.2, -0.15) is 4.98 Å². The third-order valence-corrected chi connectivity index (χ3v) is 7.60. The van der Waals surface area contributed by atoms with Gasteiger partial charge in [0.2, 0.25) is 17.7 Å². The van der Waals surface area contributed by atoms with Gasteiger partial charge >= 0.3 is 17.9 Å². The van der Waals surface area contributed by atoms with Crippen molar-refractivity contribution in [2.75, 3.05) is 18.0 Å². The Morgan fingerprint density at radius 1 is 0.886 bits per heavy atom. The van der Waals surface area contributed by atoms with Gasteiger partial charge in [0.1, 0.15) is 0 Å². The summed E-state index contributed by atoms with van der Waals surface area (Å²) >= 11 is 1.56. The van der Waals surface area contributed by atoms with E-state index in [0.29, 0.717) is 17.5 Å². The summed E-state index contributed by atoms with van der Waals surface area (Å²) in [5.74, 6) is -2.41. The maximum absolute atomic E-state index is 10.3. The third-order valence-electron chi connectivity index (χ3n) is 6.69. The van der Waals surface area contributed by atoms with Crippen molar-refractivity contribution in [3.8, 4) is 17.1 Å². The van der Waals surface area contributed by atoms with Crippen molar-refractivity contribution < 1.29 is 39.3 Å². The Labute approximate surface area is 256 Å². The van der Waals surface area contributed by atoms with E-state index in [4.69, 9.17) is 24.9 Å². The quantitative estimate of drug-likeness (QED) is 0.176. The fourth-order valence-corrected chi connectivity index (χ4v) is 5.16. The Balaban J connectivity index is 0.000000289. The lowest BCUT2D eigenvalue weighted by atomic mass is 9.96. The van der Waals surface area contributed by atoms with Crippen molar-refractivity contribution >= 4 is 35.6 Å². The summed E-state index contributed by atoms with van der Waals surface area (Å²) in [7, 11) is 0. The summed E-state index contributed by atoms with van der Waals surface area (Å²) < 4.78 is 7.62. The van der Waals surface area contributed by atoms with Gasteiger partial charge in [0.15, 0.2) is 10.8 Å². The zero-order valence-electron chi connectivity index (χ0n) is 24.1. The maximum Gasteiger partial charge on any atom is 0.336 e. The van der Waals surface area contributed by atoms with Crippen LogP contribution in [-0.4, -0.2) is 81.9 Å². The zero-order chi connectivity index (χ0) is 31.9. The number of carboxylic acid groups (broad SMARTS) is 3. The molecule has 5 rings (SSSR count). The molecule has 4 N–H and O–H groups in total. The zero-order valence-corrected chi connectivity index (χ0v) is 24.9. The normalized spacial score (nSPS) is 12.9. The molecular weight excluding hydrogens is 592 g/mol. The number of anilines is 1. The van der Waals surface area contributed by atoms with Crippen LogP contribution in [0.5, 0.6) is 0 Å². The lowest BCUT2D eigenvalue weighted by Gasteiger charge is -2.18. The minimum atomic E-state index is -2.74. The second kappa shape index (κ2) is 14.1. The number of thioether (sulfide) groups is 1. The van der Waals surface area contributed by atoms with E-state index in [1.807, 2.05) is 24.3 Å². The van der Waals surface area contributed by atoms with Crippen molar-refractivity contribution in [3.05, 3.63) is 65.5 Å².